The van der Waals surface area contributed by atoms with Crippen LogP contribution in [0.1, 0.15) is 18.4 Å². The Morgan fingerprint density at radius 2 is 2.24 bits per heavy atom. The second kappa shape index (κ2) is 8.25. The van der Waals surface area contributed by atoms with Crippen LogP contribution >= 0.6 is 11.6 Å². The highest BCUT2D eigenvalue weighted by molar-refractivity contribution is 6.30. The molecular formula is C21H18ClN3O4. The normalized spacial score (nSPS) is 16.3. The summed E-state index contributed by atoms with van der Waals surface area (Å²) in [5, 5.41) is 10.6. The molecule has 3 rings (SSSR count). The van der Waals surface area contributed by atoms with Crippen molar-refractivity contribution in [2.24, 2.45) is 5.73 Å². The Hall–Kier alpha value is -3.50. The number of nitrogens with two attached hydrogens (primary N) is 1. The van der Waals surface area contributed by atoms with Crippen LogP contribution in [0.25, 0.3) is 10.9 Å². The summed E-state index contributed by atoms with van der Waals surface area (Å²) in [6, 6.07) is 9.09. The molecule has 2 heterocycles. The minimum atomic E-state index is -0.887. The zero-order valence-corrected chi connectivity index (χ0v) is 16.6. The lowest BCUT2D eigenvalue weighted by atomic mass is 9.83. The first-order valence-electron chi connectivity index (χ1n) is 8.61. The number of benzene rings is 1. The topological polar surface area (TPSA) is 107 Å². The number of nitrogens with zero attached hydrogens (tertiary/aromatic N) is 2. The van der Waals surface area contributed by atoms with Gasteiger partial charge in [0.05, 0.1) is 24.1 Å². The summed E-state index contributed by atoms with van der Waals surface area (Å²) in [6.45, 7) is 5.11. The third-order valence-electron chi connectivity index (χ3n) is 4.47. The van der Waals surface area contributed by atoms with Crippen LogP contribution < -0.4 is 10.5 Å². The van der Waals surface area contributed by atoms with Gasteiger partial charge in [0.2, 0.25) is 5.88 Å². The molecule has 0 bridgehead atoms. The van der Waals surface area contributed by atoms with E-state index in [1.54, 1.807) is 38.3 Å². The van der Waals surface area contributed by atoms with Crippen LogP contribution in [0.15, 0.2) is 59.7 Å². The van der Waals surface area contributed by atoms with Gasteiger partial charge in [-0.05, 0) is 31.2 Å². The maximum Gasteiger partial charge on any atom is 0.338 e. The van der Waals surface area contributed by atoms with Gasteiger partial charge in [-0.3, -0.25) is 0 Å². The number of hydrogen-bond acceptors (Lipinski definition) is 7. The Labute approximate surface area is 172 Å². The van der Waals surface area contributed by atoms with E-state index in [9.17, 15) is 10.1 Å². The zero-order valence-electron chi connectivity index (χ0n) is 15.9. The van der Waals surface area contributed by atoms with Crippen molar-refractivity contribution in [3.05, 3.63) is 70.4 Å². The molecule has 2 aromatic rings. The van der Waals surface area contributed by atoms with Gasteiger partial charge in [-0.15, -0.1) is 0 Å². The van der Waals surface area contributed by atoms with E-state index in [0.717, 1.165) is 5.39 Å². The lowest BCUT2D eigenvalue weighted by molar-refractivity contribution is -0.138. The van der Waals surface area contributed by atoms with Gasteiger partial charge in [0.1, 0.15) is 34.9 Å². The minimum Gasteiger partial charge on any atom is -0.497 e. The summed E-state index contributed by atoms with van der Waals surface area (Å²) in [5.41, 5.74) is 7.17. The smallest absolute Gasteiger partial charge is 0.338 e. The standard InChI is InChI=1S/C21H18ClN3O4/c1-4-7-28-21(26)17-11(2)29-20(24)15(10-23)18(17)14-9-12-8-13(27-3)5-6-16(12)25-19(14)22/h4-6,8-9,18H,1,7,24H2,2-3H3/t18-/m1/s1. The maximum atomic E-state index is 12.7. The third-order valence-corrected chi connectivity index (χ3v) is 4.77. The number of allylic oxidation sites excluding steroid dienone is 2. The summed E-state index contributed by atoms with van der Waals surface area (Å²) in [6.07, 6.45) is 1.44. The highest BCUT2D eigenvalue weighted by atomic mass is 35.5. The Kier molecular flexibility index (Phi) is 5.76. The van der Waals surface area contributed by atoms with Gasteiger partial charge >= 0.3 is 5.97 Å². The van der Waals surface area contributed by atoms with Crippen LogP contribution in [-0.2, 0) is 14.3 Å². The third kappa shape index (κ3) is 3.75. The minimum absolute atomic E-state index is 0.00428. The van der Waals surface area contributed by atoms with E-state index in [1.807, 2.05) is 6.07 Å². The molecule has 8 heteroatoms. The van der Waals surface area contributed by atoms with E-state index < -0.39 is 11.9 Å². The molecule has 7 nitrogen and oxygen atoms in total. The molecule has 29 heavy (non-hydrogen) atoms. The molecular weight excluding hydrogens is 394 g/mol. The fraction of sp³-hybridized carbons (Fsp3) is 0.190. The Morgan fingerprint density at radius 3 is 2.90 bits per heavy atom. The van der Waals surface area contributed by atoms with E-state index in [-0.39, 0.29) is 34.5 Å². The average Bonchev–Trinajstić information content (AvgIpc) is 2.70. The summed E-state index contributed by atoms with van der Waals surface area (Å²) in [7, 11) is 1.56. The predicted molar refractivity (Wildman–Crippen MR) is 108 cm³/mol. The largest absolute Gasteiger partial charge is 0.497 e. The van der Waals surface area contributed by atoms with Gasteiger partial charge in [-0.1, -0.05) is 24.3 Å². The predicted octanol–water partition coefficient (Wildman–Crippen LogP) is 3.71. The first-order valence-corrected chi connectivity index (χ1v) is 8.99. The summed E-state index contributed by atoms with van der Waals surface area (Å²) >= 11 is 6.46. The Balaban J connectivity index is 2.23. The number of halogens is 1. The van der Waals surface area contributed by atoms with E-state index in [2.05, 4.69) is 11.6 Å². The van der Waals surface area contributed by atoms with Crippen LogP contribution in [0.3, 0.4) is 0 Å². The van der Waals surface area contributed by atoms with Gasteiger partial charge in [0.15, 0.2) is 0 Å². The highest BCUT2D eigenvalue weighted by Crippen LogP contribution is 2.42. The molecule has 2 N–H and O–H groups in total. The monoisotopic (exact) mass is 411 g/mol. The SMILES string of the molecule is C=CCOC(=O)C1=C(C)OC(N)=C(C#N)[C@H]1c1cc2cc(OC)ccc2nc1Cl. The van der Waals surface area contributed by atoms with Crippen LogP contribution in [0.5, 0.6) is 5.75 Å². The lowest BCUT2D eigenvalue weighted by Crippen LogP contribution is -2.26. The molecule has 0 fully saturated rings. The molecule has 1 aliphatic rings. The molecule has 0 spiro atoms. The number of fused-ring (bicyclic) bond motifs is 1. The molecule has 0 unspecified atom stereocenters. The van der Waals surface area contributed by atoms with Crippen LogP contribution in [-0.4, -0.2) is 24.7 Å². The van der Waals surface area contributed by atoms with Crippen molar-refractivity contribution in [2.45, 2.75) is 12.8 Å². The highest BCUT2D eigenvalue weighted by Gasteiger charge is 2.37. The van der Waals surface area contributed by atoms with Gasteiger partial charge in [0, 0.05) is 10.9 Å². The molecule has 1 atom stereocenters. The van der Waals surface area contributed by atoms with Gasteiger partial charge in [0.25, 0.3) is 0 Å². The molecule has 0 saturated carbocycles. The molecule has 148 valence electrons. The Morgan fingerprint density at radius 1 is 1.48 bits per heavy atom. The average molecular weight is 412 g/mol. The number of ether oxygens (including phenoxy) is 3. The van der Waals surface area contributed by atoms with Crippen molar-refractivity contribution in [1.29, 1.82) is 5.26 Å². The van der Waals surface area contributed by atoms with Crippen molar-refractivity contribution >= 4 is 28.5 Å². The number of nitriles is 1. The number of methoxy groups -OCH3 is 1. The first-order chi connectivity index (χ1) is 13.9. The van der Waals surface area contributed by atoms with Crippen LogP contribution in [0.4, 0.5) is 0 Å². The number of pyridine rings is 1. The molecule has 1 aromatic carbocycles. The molecule has 0 amide bonds. The quantitative estimate of drug-likeness (QED) is 0.454. The number of hydrogen-bond donors (Lipinski definition) is 1. The molecule has 0 saturated heterocycles. The summed E-state index contributed by atoms with van der Waals surface area (Å²) in [5.74, 6) is -0.789. The number of carbonyl (C=O) groups excluding carboxylic acids is 1. The summed E-state index contributed by atoms with van der Waals surface area (Å²) in [4.78, 5) is 17.1. The van der Waals surface area contributed by atoms with E-state index in [1.165, 1.54) is 6.08 Å². The van der Waals surface area contributed by atoms with Crippen LogP contribution in [0.2, 0.25) is 5.15 Å². The Bertz CT molecular complexity index is 1110. The number of carbonyl (C=O) groups is 1. The van der Waals surface area contributed by atoms with E-state index in [0.29, 0.717) is 16.8 Å². The maximum absolute atomic E-state index is 12.7. The molecule has 0 radical (unpaired) electrons. The van der Waals surface area contributed by atoms with Gasteiger partial charge in [-0.2, -0.15) is 5.26 Å². The zero-order chi connectivity index (χ0) is 21.1. The lowest BCUT2D eigenvalue weighted by Gasteiger charge is -2.27. The van der Waals surface area contributed by atoms with Crippen molar-refractivity contribution in [1.82, 2.24) is 4.98 Å². The number of rotatable bonds is 5. The fourth-order valence-corrected chi connectivity index (χ4v) is 3.40. The van der Waals surface area contributed by atoms with E-state index in [4.69, 9.17) is 31.5 Å². The summed E-state index contributed by atoms with van der Waals surface area (Å²) < 4.78 is 15.9. The van der Waals surface area contributed by atoms with Crippen LogP contribution in [0, 0.1) is 11.3 Å². The number of esters is 1. The second-order valence-corrected chi connectivity index (χ2v) is 6.57. The fourth-order valence-electron chi connectivity index (χ4n) is 3.15. The van der Waals surface area contributed by atoms with Crippen molar-refractivity contribution in [3.8, 4) is 11.8 Å². The second-order valence-electron chi connectivity index (χ2n) is 6.21. The van der Waals surface area contributed by atoms with Crippen molar-refractivity contribution in [3.63, 3.8) is 0 Å². The molecule has 1 aromatic heterocycles. The molecule has 1 aliphatic heterocycles. The van der Waals surface area contributed by atoms with Crippen molar-refractivity contribution in [2.75, 3.05) is 13.7 Å². The van der Waals surface area contributed by atoms with Gasteiger partial charge < -0.3 is 19.9 Å². The van der Waals surface area contributed by atoms with E-state index >= 15 is 0 Å². The van der Waals surface area contributed by atoms with Crippen molar-refractivity contribution < 1.29 is 19.0 Å². The first kappa shape index (κ1) is 20.2. The number of aromatic nitrogens is 1. The van der Waals surface area contributed by atoms with Gasteiger partial charge in [-0.25, -0.2) is 9.78 Å². The molecule has 0 aliphatic carbocycles.